The number of anilines is 1. The molecule has 1 saturated heterocycles. The minimum absolute atomic E-state index is 0.0261. The fraction of sp³-hybridized carbons (Fsp3) is 0.368. The van der Waals surface area contributed by atoms with Gasteiger partial charge >= 0.3 is 0 Å². The Hall–Kier alpha value is -1.95. The van der Waals surface area contributed by atoms with Crippen LogP contribution in [0.2, 0.25) is 5.02 Å². The van der Waals surface area contributed by atoms with E-state index in [2.05, 4.69) is 26.2 Å². The van der Waals surface area contributed by atoms with Gasteiger partial charge in [0.1, 0.15) is 0 Å². The molecule has 1 amide bonds. The van der Waals surface area contributed by atoms with Crippen molar-refractivity contribution in [2.45, 2.75) is 13.0 Å². The maximum absolute atomic E-state index is 12.1. The Morgan fingerprint density at radius 1 is 1.08 bits per heavy atom. The van der Waals surface area contributed by atoms with Crippen molar-refractivity contribution in [2.75, 3.05) is 38.0 Å². The van der Waals surface area contributed by atoms with Gasteiger partial charge < -0.3 is 10.2 Å². The highest BCUT2D eigenvalue weighted by atomic mass is 35.5. The van der Waals surface area contributed by atoms with Crippen molar-refractivity contribution in [1.82, 2.24) is 14.8 Å². The maximum atomic E-state index is 12.1. The smallest absolute Gasteiger partial charge is 0.225 e. The third-order valence-corrected chi connectivity index (χ3v) is 4.58. The molecule has 2 aromatic rings. The Balaban J connectivity index is 1.37. The lowest BCUT2D eigenvalue weighted by atomic mass is 10.2. The minimum atomic E-state index is 0.0261. The van der Waals surface area contributed by atoms with E-state index in [0.717, 1.165) is 50.6 Å². The van der Waals surface area contributed by atoms with E-state index < -0.39 is 0 Å². The quantitative estimate of drug-likeness (QED) is 0.862. The Morgan fingerprint density at radius 2 is 1.88 bits per heavy atom. The van der Waals surface area contributed by atoms with E-state index in [1.807, 2.05) is 30.5 Å². The highest BCUT2D eigenvalue weighted by Gasteiger charge is 2.17. The summed E-state index contributed by atoms with van der Waals surface area (Å²) in [6.07, 6.45) is 2.33. The average Bonchev–Trinajstić information content (AvgIpc) is 2.62. The summed E-state index contributed by atoms with van der Waals surface area (Å²) in [6.45, 7) is 5.65. The van der Waals surface area contributed by atoms with Crippen LogP contribution in [0.5, 0.6) is 0 Å². The molecule has 1 aliphatic rings. The second-order valence-corrected chi connectivity index (χ2v) is 6.68. The van der Waals surface area contributed by atoms with Gasteiger partial charge in [-0.2, -0.15) is 0 Å². The van der Waals surface area contributed by atoms with Crippen molar-refractivity contribution in [3.63, 3.8) is 0 Å². The number of nitrogens with one attached hydrogen (secondary N) is 1. The molecule has 6 heteroatoms. The molecule has 2 heterocycles. The van der Waals surface area contributed by atoms with Gasteiger partial charge in [-0.05, 0) is 30.3 Å². The number of pyridine rings is 1. The summed E-state index contributed by atoms with van der Waals surface area (Å²) < 4.78 is 0. The van der Waals surface area contributed by atoms with E-state index >= 15 is 0 Å². The van der Waals surface area contributed by atoms with Crippen molar-refractivity contribution >= 4 is 23.2 Å². The van der Waals surface area contributed by atoms with Gasteiger partial charge in [-0.15, -0.1) is 0 Å². The number of nitrogens with zero attached hydrogens (tertiary/aromatic N) is 3. The van der Waals surface area contributed by atoms with Gasteiger partial charge in [0.25, 0.3) is 0 Å². The summed E-state index contributed by atoms with van der Waals surface area (Å²) in [5.41, 5.74) is 1.86. The third kappa shape index (κ3) is 5.81. The first-order chi connectivity index (χ1) is 12.2. The van der Waals surface area contributed by atoms with E-state index in [4.69, 9.17) is 11.6 Å². The number of hydrogen-bond acceptors (Lipinski definition) is 4. The summed E-state index contributed by atoms with van der Waals surface area (Å²) >= 11 is 5.93. The highest BCUT2D eigenvalue weighted by Crippen LogP contribution is 2.15. The molecule has 132 valence electrons. The maximum Gasteiger partial charge on any atom is 0.225 e. The Morgan fingerprint density at radius 3 is 2.60 bits per heavy atom. The minimum Gasteiger partial charge on any atom is -0.326 e. The fourth-order valence-electron chi connectivity index (χ4n) is 2.94. The van der Waals surface area contributed by atoms with Crippen LogP contribution in [0.25, 0.3) is 0 Å². The van der Waals surface area contributed by atoms with Gasteiger partial charge in [-0.25, -0.2) is 0 Å². The summed E-state index contributed by atoms with van der Waals surface area (Å²) in [6, 6.07) is 13.3. The number of halogens is 1. The van der Waals surface area contributed by atoms with E-state index in [0.29, 0.717) is 11.4 Å². The summed E-state index contributed by atoms with van der Waals surface area (Å²) in [4.78, 5) is 21.2. The average molecular weight is 359 g/mol. The van der Waals surface area contributed by atoms with Crippen LogP contribution < -0.4 is 5.32 Å². The number of benzene rings is 1. The van der Waals surface area contributed by atoms with Crippen LogP contribution in [0.1, 0.15) is 12.1 Å². The second kappa shape index (κ2) is 8.94. The molecule has 25 heavy (non-hydrogen) atoms. The van der Waals surface area contributed by atoms with Gasteiger partial charge in [0.05, 0.1) is 5.69 Å². The number of hydrogen-bond donors (Lipinski definition) is 1. The van der Waals surface area contributed by atoms with Crippen LogP contribution in [-0.2, 0) is 11.3 Å². The van der Waals surface area contributed by atoms with Crippen LogP contribution in [0.15, 0.2) is 48.7 Å². The predicted molar refractivity (Wildman–Crippen MR) is 101 cm³/mol. The number of piperazine rings is 1. The van der Waals surface area contributed by atoms with Crippen molar-refractivity contribution in [3.05, 3.63) is 59.4 Å². The van der Waals surface area contributed by atoms with Crippen molar-refractivity contribution in [1.29, 1.82) is 0 Å². The van der Waals surface area contributed by atoms with E-state index in [1.54, 1.807) is 12.1 Å². The highest BCUT2D eigenvalue weighted by molar-refractivity contribution is 6.30. The fourth-order valence-corrected chi connectivity index (χ4v) is 3.13. The van der Waals surface area contributed by atoms with E-state index in [9.17, 15) is 4.79 Å². The lowest BCUT2D eigenvalue weighted by Gasteiger charge is -2.34. The Bertz CT molecular complexity index is 687. The topological polar surface area (TPSA) is 48.5 Å². The third-order valence-electron chi connectivity index (χ3n) is 4.34. The molecule has 1 N–H and O–H groups in total. The molecule has 5 nitrogen and oxygen atoms in total. The van der Waals surface area contributed by atoms with Crippen LogP contribution in [0.3, 0.4) is 0 Å². The van der Waals surface area contributed by atoms with Crippen LogP contribution >= 0.6 is 11.6 Å². The van der Waals surface area contributed by atoms with Gasteiger partial charge in [-0.3, -0.25) is 14.7 Å². The molecular weight excluding hydrogens is 336 g/mol. The van der Waals surface area contributed by atoms with Crippen LogP contribution in [0.4, 0.5) is 5.69 Å². The normalized spacial score (nSPS) is 15.9. The van der Waals surface area contributed by atoms with Crippen molar-refractivity contribution in [2.24, 2.45) is 0 Å². The summed E-state index contributed by atoms with van der Waals surface area (Å²) in [7, 11) is 0. The lowest BCUT2D eigenvalue weighted by Crippen LogP contribution is -2.46. The first-order valence-corrected chi connectivity index (χ1v) is 8.97. The molecule has 1 aliphatic heterocycles. The van der Waals surface area contributed by atoms with Gasteiger partial charge in [0, 0.05) is 62.6 Å². The molecule has 0 unspecified atom stereocenters. The van der Waals surface area contributed by atoms with Gasteiger partial charge in [0.2, 0.25) is 5.91 Å². The number of rotatable bonds is 6. The molecule has 0 spiro atoms. The lowest BCUT2D eigenvalue weighted by molar-refractivity contribution is -0.116. The predicted octanol–water partition coefficient (Wildman–Crippen LogP) is 2.88. The molecular formula is C19H23ClN4O. The Labute approximate surface area is 153 Å². The molecule has 1 fully saturated rings. The molecule has 0 atom stereocenters. The molecule has 0 bridgehead atoms. The zero-order chi connectivity index (χ0) is 17.5. The monoisotopic (exact) mass is 358 g/mol. The SMILES string of the molecule is O=C(CCN1CCN(Cc2ccccn2)CC1)Nc1cccc(Cl)c1. The second-order valence-electron chi connectivity index (χ2n) is 6.25. The molecule has 0 aliphatic carbocycles. The molecule has 1 aromatic heterocycles. The first-order valence-electron chi connectivity index (χ1n) is 8.59. The van der Waals surface area contributed by atoms with Crippen LogP contribution in [-0.4, -0.2) is 53.4 Å². The van der Waals surface area contributed by atoms with Crippen LogP contribution in [0, 0.1) is 0 Å². The van der Waals surface area contributed by atoms with Gasteiger partial charge in [-0.1, -0.05) is 23.7 Å². The molecule has 0 saturated carbocycles. The van der Waals surface area contributed by atoms with E-state index in [-0.39, 0.29) is 5.91 Å². The zero-order valence-electron chi connectivity index (χ0n) is 14.2. The summed E-state index contributed by atoms with van der Waals surface area (Å²) in [5.74, 6) is 0.0261. The number of carbonyl (C=O) groups is 1. The number of carbonyl (C=O) groups excluding carboxylic acids is 1. The first kappa shape index (κ1) is 17.9. The molecule has 3 rings (SSSR count). The zero-order valence-corrected chi connectivity index (χ0v) is 15.0. The molecule has 1 aromatic carbocycles. The van der Waals surface area contributed by atoms with Gasteiger partial charge in [0.15, 0.2) is 0 Å². The largest absolute Gasteiger partial charge is 0.326 e. The number of amides is 1. The number of aromatic nitrogens is 1. The standard InChI is InChI=1S/C19H23ClN4O/c20-16-4-3-6-17(14-16)22-19(25)7-9-23-10-12-24(13-11-23)15-18-5-1-2-8-21-18/h1-6,8,14H,7,9-13,15H2,(H,22,25). The van der Waals surface area contributed by atoms with E-state index in [1.165, 1.54) is 0 Å². The summed E-state index contributed by atoms with van der Waals surface area (Å²) in [5, 5.41) is 3.52. The molecule has 0 radical (unpaired) electrons. The van der Waals surface area contributed by atoms with Crippen molar-refractivity contribution in [3.8, 4) is 0 Å². The van der Waals surface area contributed by atoms with Crippen molar-refractivity contribution < 1.29 is 4.79 Å². The Kier molecular flexibility index (Phi) is 6.39.